The molecule has 3 nitrogen and oxygen atoms in total. The van der Waals surface area contributed by atoms with Gasteiger partial charge in [0.25, 0.3) is 0 Å². The molecule has 0 aliphatic rings. The van der Waals surface area contributed by atoms with Crippen LogP contribution in [0.1, 0.15) is 0 Å². The first-order valence-corrected chi connectivity index (χ1v) is 0.707. The van der Waals surface area contributed by atoms with E-state index in [1.807, 2.05) is 0 Å². The third kappa shape index (κ3) is 41.8. The molecule has 0 spiro atoms. The van der Waals surface area contributed by atoms with Crippen molar-refractivity contribution >= 4 is 27.1 Å². The molecule has 27 valence electrons. The molecule has 0 aromatic heterocycles. The largest absolute Gasteiger partial charge is 3.00 e. The fourth-order valence-corrected chi connectivity index (χ4v) is 0. The summed E-state index contributed by atoms with van der Waals surface area (Å²) in [6, 6.07) is 0. The van der Waals surface area contributed by atoms with Crippen molar-refractivity contribution in [2.45, 2.75) is 0 Å². The summed E-state index contributed by atoms with van der Waals surface area (Å²) in [4.78, 5) is 0. The van der Waals surface area contributed by atoms with E-state index in [9.17, 15) is 0 Å². The Morgan fingerprint density at radius 3 is 1.00 bits per heavy atom. The molecule has 0 bridgehead atoms. The van der Waals surface area contributed by atoms with E-state index in [4.69, 9.17) is 15.1 Å². The van der Waals surface area contributed by atoms with Crippen molar-refractivity contribution in [3.8, 4) is 0 Å². The Hall–Kier alpha value is 1.78. The maximum absolute atomic E-state index is 8.42. The molecule has 0 aromatic carbocycles. The van der Waals surface area contributed by atoms with E-state index in [0.717, 1.165) is 0 Å². The van der Waals surface area contributed by atoms with Crippen LogP contribution in [0.3, 0.4) is 0 Å². The third-order valence-electron chi connectivity index (χ3n) is 0. The van der Waals surface area contributed by atoms with Gasteiger partial charge in [0, 0.05) is 35.6 Å². The smallest absolute Gasteiger partial charge is 0.907 e. The second kappa shape index (κ2) is 9.91. The van der Waals surface area contributed by atoms with Gasteiger partial charge >= 0.3 is 19.8 Å². The fourth-order valence-electron chi connectivity index (χ4n) is 0. The summed E-state index contributed by atoms with van der Waals surface area (Å²) in [5, 5.41) is 25.2. The van der Waals surface area contributed by atoms with E-state index >= 15 is 0 Å². The summed E-state index contributed by atoms with van der Waals surface area (Å²) < 4.78 is 0. The molecule has 0 saturated heterocycles. The van der Waals surface area contributed by atoms with Gasteiger partial charge in [0.15, 0.2) is 0 Å². The van der Waals surface area contributed by atoms with Crippen LogP contribution in [0.4, 0.5) is 0 Å². The molecule has 6 heavy (non-hydrogen) atoms. The third-order valence-corrected chi connectivity index (χ3v) is 0. The van der Waals surface area contributed by atoms with Gasteiger partial charge in [-0.2, -0.15) is 0 Å². The van der Waals surface area contributed by atoms with Gasteiger partial charge < -0.3 is 15.1 Å². The van der Waals surface area contributed by atoms with Gasteiger partial charge in [0.05, 0.1) is 0 Å². The zero-order chi connectivity index (χ0) is 3.58. The Kier molecular flexibility index (Phi) is 25.9. The average molecular weight is 267 g/mol. The van der Waals surface area contributed by atoms with Gasteiger partial charge in [-0.25, -0.2) is 0 Å². The Morgan fingerprint density at radius 2 is 1.00 bits per heavy atom. The van der Waals surface area contributed by atoms with Crippen molar-refractivity contribution in [2.24, 2.45) is 0 Å². The van der Waals surface area contributed by atoms with E-state index in [1.165, 1.54) is 0 Å². The van der Waals surface area contributed by atoms with Crippen LogP contribution >= 0.6 is 0 Å². The van der Waals surface area contributed by atoms with Gasteiger partial charge in [-0.3, -0.25) is 7.32 Å². The minimum Gasteiger partial charge on any atom is -0.907 e. The van der Waals surface area contributed by atoms with Crippen molar-refractivity contribution in [3.05, 3.63) is 0 Å². The molecule has 6 heteroatoms. The van der Waals surface area contributed by atoms with Crippen LogP contribution in [0, 0.1) is 35.6 Å². The van der Waals surface area contributed by atoms with Gasteiger partial charge in [0.1, 0.15) is 0 Å². The zero-order valence-corrected chi connectivity index (χ0v) is 9.01. The van der Waals surface area contributed by atoms with E-state index in [1.54, 1.807) is 0 Å². The minimum absolute atomic E-state index is 0. The molecular formula is BGaLaO3. The molecule has 0 saturated carbocycles. The molecule has 0 aliphatic heterocycles. The quantitative estimate of drug-likeness (QED) is 0.417. The predicted molar refractivity (Wildman–Crippen MR) is 11.5 cm³/mol. The van der Waals surface area contributed by atoms with Gasteiger partial charge in [-0.15, -0.1) is 0 Å². The van der Waals surface area contributed by atoms with Crippen LogP contribution in [-0.2, 0) is 0 Å². The van der Waals surface area contributed by atoms with Gasteiger partial charge in [-0.1, -0.05) is 0 Å². The molecule has 0 aromatic rings. The standard InChI is InChI=1S/BO3.Ga.La/c2-1(3)4;;/q-3;+3;. The number of hydrogen-bond donors (Lipinski definition) is 0. The Bertz CT molecular complexity index is 15.5. The summed E-state index contributed by atoms with van der Waals surface area (Å²) in [7, 11) is -2.92. The first-order chi connectivity index (χ1) is 1.73. The molecule has 0 amide bonds. The SMILES string of the molecule is [Ga+3].[La].[O-]B([O-])[O-]. The van der Waals surface area contributed by atoms with Gasteiger partial charge in [0.2, 0.25) is 0 Å². The molecule has 0 fully saturated rings. The second-order valence-corrected chi connectivity index (χ2v) is 0.289. The molecule has 0 atom stereocenters. The molecule has 0 heterocycles. The first-order valence-electron chi connectivity index (χ1n) is 0.707. The normalized spacial score (nSPS) is 4.50. The second-order valence-electron chi connectivity index (χ2n) is 0.289. The first kappa shape index (κ1) is 15.7. The van der Waals surface area contributed by atoms with Crippen LogP contribution in [0.25, 0.3) is 0 Å². The monoisotopic (exact) mass is 267 g/mol. The minimum atomic E-state index is -2.92. The predicted octanol–water partition coefficient (Wildman–Crippen LogP) is -4.33. The maximum atomic E-state index is 8.42. The summed E-state index contributed by atoms with van der Waals surface area (Å²) in [6.45, 7) is 0. The van der Waals surface area contributed by atoms with Gasteiger partial charge in [-0.05, 0) is 0 Å². The van der Waals surface area contributed by atoms with Crippen LogP contribution < -0.4 is 15.1 Å². The molecule has 0 rings (SSSR count). The summed E-state index contributed by atoms with van der Waals surface area (Å²) in [6.07, 6.45) is 0. The fraction of sp³-hybridized carbons (Fsp3) is 0. The van der Waals surface area contributed by atoms with Crippen LogP contribution in [0.5, 0.6) is 0 Å². The summed E-state index contributed by atoms with van der Waals surface area (Å²) in [5.41, 5.74) is 0. The van der Waals surface area contributed by atoms with Crippen molar-refractivity contribution in [3.63, 3.8) is 0 Å². The zero-order valence-electron chi connectivity index (χ0n) is 2.96. The average Bonchev–Trinajstić information content (AvgIpc) is 0.811. The molecule has 0 N–H and O–H groups in total. The maximum Gasteiger partial charge on any atom is 3.00 e. The summed E-state index contributed by atoms with van der Waals surface area (Å²) >= 11 is 0. The van der Waals surface area contributed by atoms with Crippen molar-refractivity contribution < 1.29 is 50.7 Å². The Labute approximate surface area is 77.0 Å². The molecule has 0 unspecified atom stereocenters. The van der Waals surface area contributed by atoms with Crippen LogP contribution in [0.2, 0.25) is 0 Å². The Morgan fingerprint density at radius 1 is 1.00 bits per heavy atom. The van der Waals surface area contributed by atoms with Crippen LogP contribution in [0.15, 0.2) is 0 Å². The topological polar surface area (TPSA) is 69.2 Å². The number of hydrogen-bond acceptors (Lipinski definition) is 3. The Balaban J connectivity index is -0.0000000450. The van der Waals surface area contributed by atoms with Crippen molar-refractivity contribution in [1.82, 2.24) is 0 Å². The number of rotatable bonds is 0. The molecule has 0 aliphatic carbocycles. The van der Waals surface area contributed by atoms with Crippen LogP contribution in [-0.4, -0.2) is 27.1 Å². The molecular weight excluding hydrogens is 267 g/mol. The summed E-state index contributed by atoms with van der Waals surface area (Å²) in [5.74, 6) is 0. The van der Waals surface area contributed by atoms with Crippen molar-refractivity contribution in [1.29, 1.82) is 0 Å². The molecule has 1 radical (unpaired) electrons. The van der Waals surface area contributed by atoms with E-state index in [2.05, 4.69) is 0 Å². The van der Waals surface area contributed by atoms with Crippen molar-refractivity contribution in [2.75, 3.05) is 0 Å². The van der Waals surface area contributed by atoms with E-state index < -0.39 is 7.32 Å². The van der Waals surface area contributed by atoms with E-state index in [0.29, 0.717) is 0 Å². The van der Waals surface area contributed by atoms with E-state index in [-0.39, 0.29) is 55.4 Å².